The minimum Gasteiger partial charge on any atom is -0.394 e. The molecule has 3 heterocycles. The van der Waals surface area contributed by atoms with Crippen molar-refractivity contribution in [3.05, 3.63) is 0 Å². The minimum absolute atomic E-state index is 0.716. The molecule has 3 fully saturated rings. The summed E-state index contributed by atoms with van der Waals surface area (Å²) in [5.41, 5.74) is 5.99. The third-order valence-electron chi connectivity index (χ3n) is 6.13. The lowest BCUT2D eigenvalue weighted by Gasteiger charge is -2.48. The van der Waals surface area contributed by atoms with Crippen molar-refractivity contribution in [2.45, 2.75) is 99.0 Å². The molecular formula is C18H33NO14. The molecule has 0 aromatic rings. The van der Waals surface area contributed by atoms with Crippen LogP contribution in [0.25, 0.3) is 0 Å². The lowest BCUT2D eigenvalue weighted by Crippen LogP contribution is -2.68. The highest BCUT2D eigenvalue weighted by Gasteiger charge is 2.53. The summed E-state index contributed by atoms with van der Waals surface area (Å²) in [7, 11) is 0. The number of nitrogens with two attached hydrogens (primary N) is 1. The molecule has 0 aromatic carbocycles. The van der Waals surface area contributed by atoms with Crippen LogP contribution in [-0.2, 0) is 23.7 Å². The van der Waals surface area contributed by atoms with Gasteiger partial charge in [-0.3, -0.25) is 0 Å². The van der Waals surface area contributed by atoms with E-state index in [9.17, 15) is 46.0 Å². The quantitative estimate of drug-likeness (QED) is 0.167. The van der Waals surface area contributed by atoms with Gasteiger partial charge in [-0.25, -0.2) is 0 Å². The number of hydrogen-bond acceptors (Lipinski definition) is 15. The maximum atomic E-state index is 10.3. The van der Waals surface area contributed by atoms with Crippen LogP contribution in [0.2, 0.25) is 0 Å². The molecule has 0 amide bonds. The topological polar surface area (TPSA) is 254 Å². The van der Waals surface area contributed by atoms with Crippen molar-refractivity contribution < 1.29 is 69.6 Å². The molecule has 0 bridgehead atoms. The predicted molar refractivity (Wildman–Crippen MR) is 102 cm³/mol. The van der Waals surface area contributed by atoms with Crippen LogP contribution in [0.15, 0.2) is 0 Å². The minimum atomic E-state index is -1.79. The van der Waals surface area contributed by atoms with Crippen molar-refractivity contribution in [1.82, 2.24) is 0 Å². The molecule has 3 aliphatic heterocycles. The second kappa shape index (κ2) is 11.0. The van der Waals surface area contributed by atoms with Crippen molar-refractivity contribution in [3.63, 3.8) is 0 Å². The molecule has 0 aromatic heterocycles. The van der Waals surface area contributed by atoms with Gasteiger partial charge in [0, 0.05) is 0 Å². The Morgan fingerprint density at radius 2 is 1.15 bits per heavy atom. The van der Waals surface area contributed by atoms with E-state index >= 15 is 0 Å². The normalized spacial score (nSPS) is 53.7. The summed E-state index contributed by atoms with van der Waals surface area (Å²) in [6.45, 7) is -0.00630. The van der Waals surface area contributed by atoms with Gasteiger partial charge >= 0.3 is 0 Å². The highest BCUT2D eigenvalue weighted by Crippen LogP contribution is 2.32. The summed E-state index contributed by atoms with van der Waals surface area (Å²) in [6.07, 6.45) is -21.1. The first kappa shape index (κ1) is 27.0. The summed E-state index contributed by atoms with van der Waals surface area (Å²) in [5.74, 6) is 0. The molecule has 0 aliphatic carbocycles. The van der Waals surface area contributed by atoms with E-state index in [0.717, 1.165) is 0 Å². The van der Waals surface area contributed by atoms with Gasteiger partial charge in [0.1, 0.15) is 61.0 Å². The molecule has 11 N–H and O–H groups in total. The van der Waals surface area contributed by atoms with Crippen molar-refractivity contribution >= 4 is 0 Å². The van der Waals surface area contributed by atoms with E-state index in [1.807, 2.05) is 0 Å². The molecule has 3 saturated heterocycles. The van der Waals surface area contributed by atoms with Crippen molar-refractivity contribution in [2.75, 3.05) is 13.2 Å². The Kier molecular flexibility index (Phi) is 8.99. The van der Waals surface area contributed by atoms with E-state index < -0.39 is 105 Å². The Hall–Kier alpha value is -0.600. The van der Waals surface area contributed by atoms with E-state index in [2.05, 4.69) is 0 Å². The van der Waals surface area contributed by atoms with Crippen LogP contribution in [0.5, 0.6) is 0 Å². The molecular weight excluding hydrogens is 454 g/mol. The SMILES string of the molecule is C[C@@H]1O[C@@H](O[C@H]2[C@H](O[C@@H]3O[C@H](CO)[C@H](O)[C@H](O)[C@H]3O)[C@H](N)[C@H](O)O[C@@H]2CO)[C@@H](O)[C@H](O)[C@@H]1O. The molecule has 0 saturated carbocycles. The zero-order chi connectivity index (χ0) is 24.6. The Morgan fingerprint density at radius 3 is 1.73 bits per heavy atom. The number of ether oxygens (including phenoxy) is 5. The van der Waals surface area contributed by atoms with Crippen LogP contribution in [-0.4, -0.2) is 151 Å². The molecule has 0 radical (unpaired) electrons. The molecule has 194 valence electrons. The fourth-order valence-corrected chi connectivity index (χ4v) is 4.04. The summed E-state index contributed by atoms with van der Waals surface area (Å²) < 4.78 is 27.3. The third-order valence-corrected chi connectivity index (χ3v) is 6.13. The van der Waals surface area contributed by atoms with Gasteiger partial charge in [-0.1, -0.05) is 0 Å². The highest BCUT2D eigenvalue weighted by molar-refractivity contribution is 4.97. The van der Waals surface area contributed by atoms with Crippen molar-refractivity contribution in [3.8, 4) is 0 Å². The van der Waals surface area contributed by atoms with Gasteiger partial charge in [0.25, 0.3) is 0 Å². The maximum Gasteiger partial charge on any atom is 0.187 e. The first-order chi connectivity index (χ1) is 15.5. The lowest BCUT2D eigenvalue weighted by atomic mass is 9.95. The standard InChI is InChI=1S/C18H33NO14/c1-4-8(22)10(24)12(26)17(29-4)32-14-6(3-21)30-16(28)7(19)15(14)33-18-13(27)11(25)9(23)5(2-20)31-18/h4-18,20-28H,2-3,19H2,1H3/t4-,5+,6+,7-,8+,9-,10+,11-,12-,13+,14+,15+,16+,17-,18-/m0/s1. The van der Waals surface area contributed by atoms with Gasteiger partial charge in [-0.05, 0) is 6.92 Å². The van der Waals surface area contributed by atoms with Crippen molar-refractivity contribution in [1.29, 1.82) is 0 Å². The van der Waals surface area contributed by atoms with E-state index in [1.54, 1.807) is 0 Å². The maximum absolute atomic E-state index is 10.3. The van der Waals surface area contributed by atoms with Crippen molar-refractivity contribution in [2.24, 2.45) is 5.73 Å². The number of rotatable bonds is 6. The molecule has 15 atom stereocenters. The first-order valence-electron chi connectivity index (χ1n) is 10.5. The summed E-state index contributed by atoms with van der Waals surface area (Å²) in [4.78, 5) is 0. The number of aliphatic hydroxyl groups excluding tert-OH is 9. The molecule has 0 unspecified atom stereocenters. The van der Waals surface area contributed by atoms with Crippen LogP contribution in [0.3, 0.4) is 0 Å². The zero-order valence-corrected chi connectivity index (χ0v) is 17.7. The van der Waals surface area contributed by atoms with Crippen LogP contribution in [0.1, 0.15) is 6.92 Å². The van der Waals surface area contributed by atoms with Gasteiger partial charge < -0.3 is 75.4 Å². The molecule has 33 heavy (non-hydrogen) atoms. The van der Waals surface area contributed by atoms with Gasteiger partial charge in [0.2, 0.25) is 0 Å². The average Bonchev–Trinajstić information content (AvgIpc) is 2.80. The van der Waals surface area contributed by atoms with Crippen LogP contribution < -0.4 is 5.73 Å². The fraction of sp³-hybridized carbons (Fsp3) is 1.00. The summed E-state index contributed by atoms with van der Waals surface area (Å²) in [6, 6.07) is -1.36. The molecule has 15 nitrogen and oxygen atoms in total. The van der Waals surface area contributed by atoms with Gasteiger partial charge in [-0.2, -0.15) is 0 Å². The van der Waals surface area contributed by atoms with Crippen LogP contribution in [0, 0.1) is 0 Å². The Balaban J connectivity index is 1.83. The number of hydrogen-bond donors (Lipinski definition) is 10. The van der Waals surface area contributed by atoms with Crippen LogP contribution >= 0.6 is 0 Å². The summed E-state index contributed by atoms with van der Waals surface area (Å²) >= 11 is 0. The second-order valence-corrected chi connectivity index (χ2v) is 8.41. The van der Waals surface area contributed by atoms with E-state index in [0.29, 0.717) is 0 Å². The molecule has 3 rings (SSSR count). The Labute approximate surface area is 188 Å². The number of aliphatic hydroxyl groups is 9. The predicted octanol–water partition coefficient (Wildman–Crippen LogP) is -6.58. The Bertz CT molecular complexity index is 629. The largest absolute Gasteiger partial charge is 0.394 e. The molecule has 0 spiro atoms. The smallest absolute Gasteiger partial charge is 0.187 e. The second-order valence-electron chi connectivity index (χ2n) is 8.41. The van der Waals surface area contributed by atoms with Gasteiger partial charge in [0.15, 0.2) is 18.9 Å². The van der Waals surface area contributed by atoms with E-state index in [-0.39, 0.29) is 0 Å². The third kappa shape index (κ3) is 5.32. The lowest BCUT2D eigenvalue weighted by molar-refractivity contribution is -0.369. The first-order valence-corrected chi connectivity index (χ1v) is 10.5. The fourth-order valence-electron chi connectivity index (χ4n) is 4.04. The van der Waals surface area contributed by atoms with Gasteiger partial charge in [-0.15, -0.1) is 0 Å². The monoisotopic (exact) mass is 487 g/mol. The summed E-state index contributed by atoms with van der Waals surface area (Å²) in [5, 5.41) is 89.7. The van der Waals surface area contributed by atoms with E-state index in [4.69, 9.17) is 29.4 Å². The molecule has 15 heteroatoms. The Morgan fingerprint density at radius 1 is 0.636 bits per heavy atom. The van der Waals surface area contributed by atoms with E-state index in [1.165, 1.54) is 6.92 Å². The molecule has 3 aliphatic rings. The van der Waals surface area contributed by atoms with Gasteiger partial charge in [0.05, 0.1) is 25.4 Å². The zero-order valence-electron chi connectivity index (χ0n) is 17.7. The highest BCUT2D eigenvalue weighted by atomic mass is 16.7. The van der Waals surface area contributed by atoms with Crippen LogP contribution in [0.4, 0.5) is 0 Å². The average molecular weight is 487 g/mol.